The molecular formula is C13H24N4S. The summed E-state index contributed by atoms with van der Waals surface area (Å²) in [6, 6.07) is 0.717. The lowest BCUT2D eigenvalue weighted by atomic mass is 9.88. The summed E-state index contributed by atoms with van der Waals surface area (Å²) in [5.74, 6) is 0.577. The largest absolute Gasteiger partial charge is 0.330 e. The van der Waals surface area contributed by atoms with Gasteiger partial charge < -0.3 is 16.4 Å². The van der Waals surface area contributed by atoms with Crippen LogP contribution in [0.1, 0.15) is 37.9 Å². The number of aromatic nitrogens is 1. The van der Waals surface area contributed by atoms with Gasteiger partial charge in [0.1, 0.15) is 0 Å². The molecule has 18 heavy (non-hydrogen) atoms. The molecular weight excluding hydrogens is 244 g/mol. The van der Waals surface area contributed by atoms with Gasteiger partial charge in [-0.2, -0.15) is 0 Å². The van der Waals surface area contributed by atoms with E-state index in [1.54, 1.807) is 11.3 Å². The van der Waals surface area contributed by atoms with Gasteiger partial charge in [-0.15, -0.1) is 11.3 Å². The number of nitrogens with two attached hydrogens (primary N) is 2. The van der Waals surface area contributed by atoms with Crippen molar-refractivity contribution in [2.24, 2.45) is 17.4 Å². The zero-order valence-corrected chi connectivity index (χ0v) is 11.9. The van der Waals surface area contributed by atoms with Gasteiger partial charge >= 0.3 is 0 Å². The third-order valence-electron chi connectivity index (χ3n) is 4.08. The Bertz CT molecular complexity index is 333. The highest BCUT2D eigenvalue weighted by Crippen LogP contribution is 2.29. The third-order valence-corrected chi connectivity index (χ3v) is 4.69. The van der Waals surface area contributed by atoms with Gasteiger partial charge in [0.2, 0.25) is 0 Å². The van der Waals surface area contributed by atoms with Crippen molar-refractivity contribution in [3.05, 3.63) is 16.6 Å². The molecule has 0 amide bonds. The molecule has 2 atom stereocenters. The van der Waals surface area contributed by atoms with E-state index in [1.807, 2.05) is 5.51 Å². The Morgan fingerprint density at radius 1 is 1.50 bits per heavy atom. The van der Waals surface area contributed by atoms with E-state index in [0.29, 0.717) is 12.0 Å². The molecule has 5 heteroatoms. The van der Waals surface area contributed by atoms with E-state index < -0.39 is 0 Å². The highest BCUT2D eigenvalue weighted by molar-refractivity contribution is 7.07. The summed E-state index contributed by atoms with van der Waals surface area (Å²) in [6.45, 7) is 5.33. The molecule has 4 N–H and O–H groups in total. The topological polar surface area (TPSA) is 68.2 Å². The van der Waals surface area contributed by atoms with Crippen LogP contribution in [0.2, 0.25) is 0 Å². The zero-order chi connectivity index (χ0) is 13.0. The number of likely N-dealkylation sites (tertiary alicyclic amines) is 1. The maximum absolute atomic E-state index is 6.30. The predicted molar refractivity (Wildman–Crippen MR) is 76.5 cm³/mol. The highest BCUT2D eigenvalue weighted by atomic mass is 32.1. The second kappa shape index (κ2) is 6.61. The molecule has 2 rings (SSSR count). The first-order chi connectivity index (χ1) is 8.72. The van der Waals surface area contributed by atoms with Crippen LogP contribution in [0, 0.1) is 5.92 Å². The highest BCUT2D eigenvalue weighted by Gasteiger charge is 2.27. The van der Waals surface area contributed by atoms with Gasteiger partial charge in [0.05, 0.1) is 17.2 Å². The fourth-order valence-electron chi connectivity index (χ4n) is 2.77. The quantitative estimate of drug-likeness (QED) is 0.851. The molecule has 1 aromatic rings. The minimum Gasteiger partial charge on any atom is -0.330 e. The van der Waals surface area contributed by atoms with Crippen molar-refractivity contribution in [1.29, 1.82) is 0 Å². The van der Waals surface area contributed by atoms with Crippen molar-refractivity contribution >= 4 is 11.3 Å². The Hall–Kier alpha value is -0.490. The molecule has 1 saturated heterocycles. The number of hydrogen-bond acceptors (Lipinski definition) is 5. The lowest BCUT2D eigenvalue weighted by molar-refractivity contribution is 0.126. The minimum absolute atomic E-state index is 0.114. The third kappa shape index (κ3) is 3.29. The number of nitrogens with zero attached hydrogens (tertiary/aromatic N) is 2. The van der Waals surface area contributed by atoms with E-state index in [-0.39, 0.29) is 6.04 Å². The summed E-state index contributed by atoms with van der Waals surface area (Å²) in [5, 5.41) is 2.08. The van der Waals surface area contributed by atoms with Gasteiger partial charge in [0.15, 0.2) is 0 Å². The second-order valence-electron chi connectivity index (χ2n) is 5.24. The maximum Gasteiger partial charge on any atom is 0.0795 e. The van der Waals surface area contributed by atoms with Crippen molar-refractivity contribution in [1.82, 2.24) is 9.88 Å². The zero-order valence-electron chi connectivity index (χ0n) is 11.1. The van der Waals surface area contributed by atoms with Crippen molar-refractivity contribution < 1.29 is 0 Å². The SMILES string of the molecule is CC(CCN)N1CCC(C(N)c2cscn2)CC1. The van der Waals surface area contributed by atoms with Crippen LogP contribution in [-0.4, -0.2) is 35.6 Å². The molecule has 0 radical (unpaired) electrons. The average molecular weight is 268 g/mol. The summed E-state index contributed by atoms with van der Waals surface area (Å²) in [7, 11) is 0. The van der Waals surface area contributed by atoms with Crippen LogP contribution >= 0.6 is 11.3 Å². The van der Waals surface area contributed by atoms with Crippen LogP contribution in [-0.2, 0) is 0 Å². The molecule has 1 aliphatic heterocycles. The first kappa shape index (κ1) is 13.9. The monoisotopic (exact) mass is 268 g/mol. The number of rotatable bonds is 5. The van der Waals surface area contributed by atoms with Crippen LogP contribution in [0.5, 0.6) is 0 Å². The summed E-state index contributed by atoms with van der Waals surface area (Å²) in [6.07, 6.45) is 3.43. The molecule has 4 nitrogen and oxygen atoms in total. The van der Waals surface area contributed by atoms with Crippen molar-refractivity contribution in [2.45, 2.75) is 38.3 Å². The normalized spacial score (nSPS) is 21.9. The molecule has 102 valence electrons. The molecule has 0 spiro atoms. The Balaban J connectivity index is 1.83. The average Bonchev–Trinajstić information content (AvgIpc) is 2.92. The molecule has 0 bridgehead atoms. The van der Waals surface area contributed by atoms with E-state index in [1.165, 1.54) is 12.8 Å². The Labute approximate surface area is 113 Å². The Morgan fingerprint density at radius 2 is 2.22 bits per heavy atom. The van der Waals surface area contributed by atoms with Crippen LogP contribution in [0.4, 0.5) is 0 Å². The fourth-order valence-corrected chi connectivity index (χ4v) is 3.37. The van der Waals surface area contributed by atoms with Crippen molar-refractivity contribution in [3.8, 4) is 0 Å². The van der Waals surface area contributed by atoms with Crippen molar-refractivity contribution in [3.63, 3.8) is 0 Å². The number of hydrogen-bond donors (Lipinski definition) is 2. The van der Waals surface area contributed by atoms with Crippen LogP contribution in [0.15, 0.2) is 10.9 Å². The van der Waals surface area contributed by atoms with Gasteiger partial charge in [0.25, 0.3) is 0 Å². The summed E-state index contributed by atoms with van der Waals surface area (Å²) in [4.78, 5) is 6.88. The molecule has 2 heterocycles. The molecule has 1 aromatic heterocycles. The van der Waals surface area contributed by atoms with Gasteiger partial charge in [-0.05, 0) is 51.7 Å². The van der Waals surface area contributed by atoms with E-state index in [9.17, 15) is 0 Å². The summed E-state index contributed by atoms with van der Waals surface area (Å²) >= 11 is 1.63. The fraction of sp³-hybridized carbons (Fsp3) is 0.769. The molecule has 0 aromatic carbocycles. The first-order valence-corrected chi connectivity index (χ1v) is 7.74. The lowest BCUT2D eigenvalue weighted by Crippen LogP contribution is -2.42. The molecule has 0 saturated carbocycles. The predicted octanol–water partition coefficient (Wildman–Crippen LogP) is 1.59. The second-order valence-corrected chi connectivity index (χ2v) is 5.96. The van der Waals surface area contributed by atoms with E-state index >= 15 is 0 Å². The molecule has 2 unspecified atom stereocenters. The minimum atomic E-state index is 0.114. The number of piperidine rings is 1. The smallest absolute Gasteiger partial charge is 0.0795 e. The Morgan fingerprint density at radius 3 is 2.78 bits per heavy atom. The first-order valence-electron chi connectivity index (χ1n) is 6.80. The van der Waals surface area contributed by atoms with Gasteiger partial charge in [-0.3, -0.25) is 0 Å². The van der Waals surface area contributed by atoms with Crippen molar-refractivity contribution in [2.75, 3.05) is 19.6 Å². The Kier molecular flexibility index (Phi) is 5.12. The van der Waals surface area contributed by atoms with Crippen LogP contribution in [0.3, 0.4) is 0 Å². The number of thiazole rings is 1. The van der Waals surface area contributed by atoms with Gasteiger partial charge in [0, 0.05) is 11.4 Å². The molecule has 0 aliphatic carbocycles. The van der Waals surface area contributed by atoms with Crippen LogP contribution in [0.25, 0.3) is 0 Å². The summed E-state index contributed by atoms with van der Waals surface area (Å²) < 4.78 is 0. The van der Waals surface area contributed by atoms with E-state index in [0.717, 1.165) is 31.7 Å². The lowest BCUT2D eigenvalue weighted by Gasteiger charge is -2.37. The van der Waals surface area contributed by atoms with Crippen LogP contribution < -0.4 is 11.5 Å². The van der Waals surface area contributed by atoms with Gasteiger partial charge in [-0.1, -0.05) is 0 Å². The van der Waals surface area contributed by atoms with Gasteiger partial charge in [-0.25, -0.2) is 4.98 Å². The van der Waals surface area contributed by atoms with E-state index in [2.05, 4.69) is 22.2 Å². The molecule has 1 fully saturated rings. The maximum atomic E-state index is 6.30. The summed E-state index contributed by atoms with van der Waals surface area (Å²) in [5.41, 5.74) is 14.9. The van der Waals surface area contributed by atoms with E-state index in [4.69, 9.17) is 11.5 Å². The standard InChI is InChI=1S/C13H24N4S/c1-10(2-5-14)17-6-3-11(4-7-17)13(15)12-8-18-9-16-12/h8-11,13H,2-7,14-15H2,1H3. The molecule has 1 aliphatic rings.